The van der Waals surface area contributed by atoms with Crippen LogP contribution in [0.3, 0.4) is 0 Å². The molecule has 0 bridgehead atoms. The van der Waals surface area contributed by atoms with E-state index in [-0.39, 0.29) is 16.7 Å². The van der Waals surface area contributed by atoms with Crippen LogP contribution in [-0.4, -0.2) is 27.3 Å². The summed E-state index contributed by atoms with van der Waals surface area (Å²) in [6, 6.07) is 5.07. The molecule has 140 valence electrons. The number of hydrogen-bond acceptors (Lipinski definition) is 4. The number of carbonyl (C=O) groups excluding carboxylic acids is 1. The zero-order chi connectivity index (χ0) is 19.3. The number of nitrogens with zero attached hydrogens (tertiary/aromatic N) is 2. The lowest BCUT2D eigenvalue weighted by Gasteiger charge is -2.17. The van der Waals surface area contributed by atoms with Gasteiger partial charge in [0.2, 0.25) is 5.91 Å². The van der Waals surface area contributed by atoms with Crippen molar-refractivity contribution in [2.45, 2.75) is 44.1 Å². The lowest BCUT2D eigenvalue weighted by Crippen LogP contribution is -2.32. The summed E-state index contributed by atoms with van der Waals surface area (Å²) < 4.78 is 1.66. The number of rotatable bonds is 8. The fourth-order valence-corrected chi connectivity index (χ4v) is 3.50. The molecule has 0 aliphatic rings. The van der Waals surface area contributed by atoms with Gasteiger partial charge in [0.05, 0.1) is 16.2 Å². The molecule has 26 heavy (non-hydrogen) atoms. The van der Waals surface area contributed by atoms with Crippen LogP contribution in [0.1, 0.15) is 27.2 Å². The van der Waals surface area contributed by atoms with E-state index >= 15 is 0 Å². The Bertz CT molecular complexity index is 864. The van der Waals surface area contributed by atoms with Crippen LogP contribution in [0.15, 0.2) is 40.8 Å². The van der Waals surface area contributed by atoms with Crippen molar-refractivity contribution in [2.24, 2.45) is 5.92 Å². The summed E-state index contributed by atoms with van der Waals surface area (Å²) in [4.78, 5) is 29.7. The minimum Gasteiger partial charge on any atom is -0.352 e. The van der Waals surface area contributed by atoms with Crippen LogP contribution in [0.5, 0.6) is 0 Å². The monoisotopic (exact) mass is 393 g/mol. The highest BCUT2D eigenvalue weighted by molar-refractivity contribution is 8.00. The number of hydrogen-bond donors (Lipinski definition) is 1. The summed E-state index contributed by atoms with van der Waals surface area (Å²) in [7, 11) is 0. The lowest BCUT2D eigenvalue weighted by molar-refractivity contribution is -0.120. The number of carbonyl (C=O) groups is 1. The predicted molar refractivity (Wildman–Crippen MR) is 109 cm³/mol. The highest BCUT2D eigenvalue weighted by atomic mass is 35.5. The molecule has 1 aromatic carbocycles. The quantitative estimate of drug-likeness (QED) is 0.420. The van der Waals surface area contributed by atoms with Gasteiger partial charge in [-0.05, 0) is 37.5 Å². The summed E-state index contributed by atoms with van der Waals surface area (Å²) in [6.07, 6.45) is 2.48. The van der Waals surface area contributed by atoms with Crippen LogP contribution in [0, 0.1) is 5.92 Å². The van der Waals surface area contributed by atoms with Gasteiger partial charge >= 0.3 is 0 Å². The second kappa shape index (κ2) is 9.24. The molecule has 0 unspecified atom stereocenters. The highest BCUT2D eigenvalue weighted by Crippen LogP contribution is 2.24. The van der Waals surface area contributed by atoms with Crippen molar-refractivity contribution in [3.63, 3.8) is 0 Å². The molecule has 0 aliphatic heterocycles. The molecular formula is C19H24ClN3O2S. The first-order chi connectivity index (χ1) is 12.3. The summed E-state index contributed by atoms with van der Waals surface area (Å²) in [5, 5.41) is 3.98. The van der Waals surface area contributed by atoms with Gasteiger partial charge in [0, 0.05) is 18.1 Å². The van der Waals surface area contributed by atoms with Crippen LogP contribution in [0.2, 0.25) is 5.02 Å². The SMILES string of the molecule is C=CCNC(=O)[C@@H](C)Sc1nc2cc(Cl)ccc2c(=O)n1CCC(C)C. The van der Waals surface area contributed by atoms with E-state index in [0.29, 0.717) is 40.1 Å². The number of nitrogens with one attached hydrogen (secondary N) is 1. The largest absolute Gasteiger partial charge is 0.352 e. The molecule has 0 aliphatic carbocycles. The smallest absolute Gasteiger partial charge is 0.262 e. The Morgan fingerprint density at radius 2 is 2.15 bits per heavy atom. The number of aromatic nitrogens is 2. The normalized spacial score (nSPS) is 12.3. The predicted octanol–water partition coefficient (Wildman–Crippen LogP) is 3.88. The Hall–Kier alpha value is -1.79. The Morgan fingerprint density at radius 1 is 1.42 bits per heavy atom. The molecule has 2 aromatic rings. The zero-order valence-corrected chi connectivity index (χ0v) is 16.9. The first-order valence-corrected chi connectivity index (χ1v) is 9.84. The van der Waals surface area contributed by atoms with Crippen molar-refractivity contribution in [2.75, 3.05) is 6.54 Å². The minimum atomic E-state index is -0.385. The van der Waals surface area contributed by atoms with E-state index in [1.54, 1.807) is 35.8 Å². The zero-order valence-electron chi connectivity index (χ0n) is 15.3. The first kappa shape index (κ1) is 20.5. The summed E-state index contributed by atoms with van der Waals surface area (Å²) in [5.74, 6) is 0.333. The molecule has 5 nitrogen and oxygen atoms in total. The summed E-state index contributed by atoms with van der Waals surface area (Å²) >= 11 is 7.33. The van der Waals surface area contributed by atoms with Crippen molar-refractivity contribution in [1.82, 2.24) is 14.9 Å². The van der Waals surface area contributed by atoms with Crippen molar-refractivity contribution >= 4 is 40.2 Å². The van der Waals surface area contributed by atoms with Crippen molar-refractivity contribution in [3.8, 4) is 0 Å². The average molecular weight is 394 g/mol. The van der Waals surface area contributed by atoms with E-state index in [4.69, 9.17) is 11.6 Å². The van der Waals surface area contributed by atoms with Gasteiger partial charge in [0.25, 0.3) is 5.56 Å². The topological polar surface area (TPSA) is 64.0 Å². The standard InChI is InChI=1S/C19H24ClN3O2S/c1-5-9-21-17(24)13(4)26-19-22-16-11-14(20)6-7-15(16)18(25)23(19)10-8-12(2)3/h5-7,11-13H,1,8-10H2,2-4H3,(H,21,24)/t13-/m1/s1. The molecule has 1 atom stereocenters. The maximum Gasteiger partial charge on any atom is 0.262 e. The van der Waals surface area contributed by atoms with Gasteiger partial charge in [-0.25, -0.2) is 4.98 Å². The average Bonchev–Trinajstić information content (AvgIpc) is 2.58. The van der Waals surface area contributed by atoms with Crippen LogP contribution in [0.4, 0.5) is 0 Å². The van der Waals surface area contributed by atoms with Crippen LogP contribution >= 0.6 is 23.4 Å². The Labute approximate surface area is 162 Å². The third-order valence-corrected chi connectivity index (χ3v) is 5.21. The Kier molecular flexibility index (Phi) is 7.29. The lowest BCUT2D eigenvalue weighted by atomic mass is 10.1. The number of benzene rings is 1. The molecule has 0 saturated heterocycles. The number of fused-ring (bicyclic) bond motifs is 1. The third kappa shape index (κ3) is 5.11. The molecule has 2 rings (SSSR count). The maximum atomic E-state index is 12.9. The maximum absolute atomic E-state index is 12.9. The van der Waals surface area contributed by atoms with E-state index in [1.165, 1.54) is 11.8 Å². The molecule has 1 N–H and O–H groups in total. The number of thioether (sulfide) groups is 1. The molecule has 0 spiro atoms. The molecule has 0 saturated carbocycles. The summed E-state index contributed by atoms with van der Waals surface area (Å²) in [6.45, 7) is 10.6. The van der Waals surface area contributed by atoms with Gasteiger partial charge in [0.15, 0.2) is 5.16 Å². The van der Waals surface area contributed by atoms with Crippen molar-refractivity contribution in [3.05, 3.63) is 46.2 Å². The third-order valence-electron chi connectivity index (χ3n) is 3.88. The molecule has 1 aromatic heterocycles. The van der Waals surface area contributed by atoms with Crippen molar-refractivity contribution in [1.29, 1.82) is 0 Å². The molecular weight excluding hydrogens is 370 g/mol. The molecule has 7 heteroatoms. The molecule has 1 amide bonds. The van der Waals surface area contributed by atoms with E-state index in [1.807, 2.05) is 0 Å². The van der Waals surface area contributed by atoms with Gasteiger partial charge in [-0.2, -0.15) is 0 Å². The number of halogens is 1. The van der Waals surface area contributed by atoms with Gasteiger partial charge in [-0.15, -0.1) is 6.58 Å². The fraction of sp³-hybridized carbons (Fsp3) is 0.421. The van der Waals surface area contributed by atoms with E-state index in [9.17, 15) is 9.59 Å². The first-order valence-electron chi connectivity index (χ1n) is 8.58. The van der Waals surface area contributed by atoms with Gasteiger partial charge in [0.1, 0.15) is 0 Å². The molecule has 0 radical (unpaired) electrons. The van der Waals surface area contributed by atoms with E-state index < -0.39 is 0 Å². The van der Waals surface area contributed by atoms with Gasteiger partial charge in [-0.3, -0.25) is 14.2 Å². The second-order valence-electron chi connectivity index (χ2n) is 6.49. The van der Waals surface area contributed by atoms with E-state index in [0.717, 1.165) is 6.42 Å². The Balaban J connectivity index is 2.43. The van der Waals surface area contributed by atoms with Crippen LogP contribution < -0.4 is 10.9 Å². The van der Waals surface area contributed by atoms with E-state index in [2.05, 4.69) is 30.7 Å². The van der Waals surface area contributed by atoms with Crippen LogP contribution in [0.25, 0.3) is 10.9 Å². The fourth-order valence-electron chi connectivity index (χ4n) is 2.38. The molecule has 0 fully saturated rings. The van der Waals surface area contributed by atoms with Gasteiger partial charge in [-0.1, -0.05) is 43.3 Å². The second-order valence-corrected chi connectivity index (χ2v) is 8.23. The van der Waals surface area contributed by atoms with Crippen molar-refractivity contribution < 1.29 is 4.79 Å². The minimum absolute atomic E-state index is 0.103. The summed E-state index contributed by atoms with van der Waals surface area (Å²) in [5.41, 5.74) is 0.443. The Morgan fingerprint density at radius 3 is 2.81 bits per heavy atom. The number of amides is 1. The molecule has 1 heterocycles. The highest BCUT2D eigenvalue weighted by Gasteiger charge is 2.19. The van der Waals surface area contributed by atoms with Crippen LogP contribution in [-0.2, 0) is 11.3 Å². The van der Waals surface area contributed by atoms with Gasteiger partial charge < -0.3 is 5.32 Å².